The molecule has 68 heavy (non-hydrogen) atoms. The van der Waals surface area contributed by atoms with E-state index in [1.165, 1.54) is 121 Å². The quantitative estimate of drug-likeness (QED) is 0.100. The molecule has 0 saturated heterocycles. The van der Waals surface area contributed by atoms with Crippen LogP contribution in [0.5, 0.6) is 0 Å². The summed E-state index contributed by atoms with van der Waals surface area (Å²) >= 11 is 0. The Morgan fingerprint density at radius 3 is 1.04 bits per heavy atom. The molecular weight excluding hydrogens is 817 g/mol. The molecule has 0 aromatic heterocycles. The fourth-order valence-electron chi connectivity index (χ4n) is 10.3. The summed E-state index contributed by atoms with van der Waals surface area (Å²) in [6.45, 7) is 0. The van der Waals surface area contributed by atoms with Gasteiger partial charge in [-0.05, 0) is 133 Å². The summed E-state index contributed by atoms with van der Waals surface area (Å²) in [5, 5.41) is 9.88. The lowest BCUT2D eigenvalue weighted by atomic mass is 9.80. The molecule has 0 radical (unpaired) electrons. The van der Waals surface area contributed by atoms with Gasteiger partial charge < -0.3 is 0 Å². The Kier molecular flexibility index (Phi) is 10.7. The standard InChI is InChI=1S/C68H46/c1-4-19-47(20-5-1)37-39-49-23-16-27-52(45-49)54-41-43-63(59-31-12-10-29-57(54)59)66-61-33-14-15-34-62(61)68(67-56(35-18-36-65(66)67)51-25-8-3-9-26-51)64-44-42-55(58-30-11-13-32-60(58)64)53-28-17-24-50(46-53)40-38-48-21-6-2-7-22-48/h1-46H. The van der Waals surface area contributed by atoms with E-state index >= 15 is 0 Å². The molecule has 0 unspecified atom stereocenters. The van der Waals surface area contributed by atoms with Crippen molar-refractivity contribution in [2.24, 2.45) is 0 Å². The smallest absolute Gasteiger partial charge is 0.00139 e. The van der Waals surface area contributed by atoms with Gasteiger partial charge in [0.2, 0.25) is 0 Å². The van der Waals surface area contributed by atoms with E-state index < -0.39 is 0 Å². The van der Waals surface area contributed by atoms with E-state index in [0.29, 0.717) is 0 Å². The van der Waals surface area contributed by atoms with Crippen LogP contribution in [0.2, 0.25) is 0 Å². The van der Waals surface area contributed by atoms with Crippen molar-refractivity contribution in [2.75, 3.05) is 0 Å². The van der Waals surface area contributed by atoms with Crippen LogP contribution in [-0.4, -0.2) is 0 Å². The van der Waals surface area contributed by atoms with Gasteiger partial charge in [0.1, 0.15) is 0 Å². The molecule has 0 heteroatoms. The summed E-state index contributed by atoms with van der Waals surface area (Å²) in [5.41, 5.74) is 16.9. The van der Waals surface area contributed by atoms with Gasteiger partial charge in [-0.25, -0.2) is 0 Å². The minimum atomic E-state index is 1.17. The van der Waals surface area contributed by atoms with Gasteiger partial charge in [-0.15, -0.1) is 0 Å². The molecule has 0 amide bonds. The third kappa shape index (κ3) is 7.59. The molecule has 0 aliphatic carbocycles. The summed E-state index contributed by atoms with van der Waals surface area (Å²) in [4.78, 5) is 0. The average molecular weight is 863 g/mol. The fourth-order valence-corrected chi connectivity index (χ4v) is 10.3. The van der Waals surface area contributed by atoms with Crippen LogP contribution in [0, 0.1) is 0 Å². The minimum absolute atomic E-state index is 1.17. The Morgan fingerprint density at radius 2 is 0.529 bits per heavy atom. The molecule has 0 fully saturated rings. The zero-order valence-corrected chi connectivity index (χ0v) is 37.6. The summed E-state index contributed by atoms with van der Waals surface area (Å²) in [7, 11) is 0. The van der Waals surface area contributed by atoms with Crippen molar-refractivity contribution in [3.63, 3.8) is 0 Å². The SMILES string of the molecule is C(=Cc1cccc(-c2ccc(-c3c4ccccc4c(-c4ccc(-c5cccc(C=Cc6ccccc6)c5)c5ccccc45)c4c(-c5ccccc5)cccc34)c3ccccc23)c1)c1ccccc1. The van der Waals surface area contributed by atoms with Crippen molar-refractivity contribution in [2.45, 2.75) is 0 Å². The maximum Gasteiger partial charge on any atom is -0.00139 e. The second kappa shape index (κ2) is 17.9. The van der Waals surface area contributed by atoms with E-state index in [9.17, 15) is 0 Å². The average Bonchev–Trinajstić information content (AvgIpc) is 3.41. The molecule has 0 nitrogen and oxygen atoms in total. The van der Waals surface area contributed by atoms with E-state index in [1.54, 1.807) is 0 Å². The summed E-state index contributed by atoms with van der Waals surface area (Å²) in [5.74, 6) is 0. The molecule has 0 spiro atoms. The van der Waals surface area contributed by atoms with Crippen LogP contribution in [0.4, 0.5) is 0 Å². The first kappa shape index (κ1) is 40.7. The van der Waals surface area contributed by atoms with Crippen LogP contribution in [0.1, 0.15) is 22.3 Å². The Hall–Kier alpha value is -8.84. The van der Waals surface area contributed by atoms with Crippen molar-refractivity contribution >= 4 is 67.4 Å². The Balaban J connectivity index is 1.07. The number of rotatable bonds is 9. The molecule has 0 aliphatic rings. The highest BCUT2D eigenvalue weighted by Gasteiger charge is 2.23. The highest BCUT2D eigenvalue weighted by molar-refractivity contribution is 6.28. The topological polar surface area (TPSA) is 0 Å². The molecule has 0 heterocycles. The van der Waals surface area contributed by atoms with E-state index in [4.69, 9.17) is 0 Å². The molecule has 12 aromatic carbocycles. The monoisotopic (exact) mass is 862 g/mol. The largest absolute Gasteiger partial charge is 0.0622 e. The van der Waals surface area contributed by atoms with E-state index in [-0.39, 0.29) is 0 Å². The van der Waals surface area contributed by atoms with Gasteiger partial charge >= 0.3 is 0 Å². The first-order valence-electron chi connectivity index (χ1n) is 23.5. The Labute approximate surface area is 398 Å². The highest BCUT2D eigenvalue weighted by atomic mass is 14.3. The Bertz CT molecular complexity index is 3870. The second-order valence-electron chi connectivity index (χ2n) is 17.5. The van der Waals surface area contributed by atoms with Gasteiger partial charge in [0.25, 0.3) is 0 Å². The number of hydrogen-bond acceptors (Lipinski definition) is 0. The van der Waals surface area contributed by atoms with Gasteiger partial charge in [0.15, 0.2) is 0 Å². The third-order valence-corrected chi connectivity index (χ3v) is 13.5. The first-order chi connectivity index (χ1) is 33.7. The lowest BCUT2D eigenvalue weighted by Gasteiger charge is -2.23. The van der Waals surface area contributed by atoms with E-state index in [1.807, 2.05) is 0 Å². The van der Waals surface area contributed by atoms with Gasteiger partial charge in [0, 0.05) is 0 Å². The summed E-state index contributed by atoms with van der Waals surface area (Å²) in [6, 6.07) is 93.1. The van der Waals surface area contributed by atoms with Crippen LogP contribution in [0.15, 0.2) is 255 Å². The van der Waals surface area contributed by atoms with Gasteiger partial charge in [0.05, 0.1) is 0 Å². The maximum absolute atomic E-state index is 2.38. The molecule has 0 saturated carbocycles. The molecule has 0 atom stereocenters. The van der Waals surface area contributed by atoms with Crippen molar-refractivity contribution < 1.29 is 0 Å². The molecule has 0 aliphatic heterocycles. The summed E-state index contributed by atoms with van der Waals surface area (Å²) in [6.07, 6.45) is 8.79. The zero-order chi connectivity index (χ0) is 45.2. The van der Waals surface area contributed by atoms with Crippen LogP contribution >= 0.6 is 0 Å². The van der Waals surface area contributed by atoms with Crippen LogP contribution in [0.25, 0.3) is 123 Å². The number of fused-ring (bicyclic) bond motifs is 4. The van der Waals surface area contributed by atoms with E-state index in [2.05, 4.69) is 279 Å². The second-order valence-corrected chi connectivity index (χ2v) is 17.5. The Morgan fingerprint density at radius 1 is 0.191 bits per heavy atom. The lowest BCUT2D eigenvalue weighted by Crippen LogP contribution is -1.95. The van der Waals surface area contributed by atoms with Crippen molar-refractivity contribution in [1.82, 2.24) is 0 Å². The third-order valence-electron chi connectivity index (χ3n) is 13.5. The van der Waals surface area contributed by atoms with Crippen LogP contribution < -0.4 is 0 Å². The van der Waals surface area contributed by atoms with Gasteiger partial charge in [-0.2, -0.15) is 0 Å². The predicted octanol–water partition coefficient (Wildman–Crippen LogP) is 19.0. The predicted molar refractivity (Wildman–Crippen MR) is 294 cm³/mol. The highest BCUT2D eigenvalue weighted by Crippen LogP contribution is 2.50. The number of benzene rings is 12. The lowest BCUT2D eigenvalue weighted by molar-refractivity contribution is 1.61. The van der Waals surface area contributed by atoms with Gasteiger partial charge in [-0.3, -0.25) is 0 Å². The molecule has 12 rings (SSSR count). The normalized spacial score (nSPS) is 11.7. The maximum atomic E-state index is 2.38. The van der Waals surface area contributed by atoms with E-state index in [0.717, 1.165) is 0 Å². The molecule has 0 N–H and O–H groups in total. The molecule has 0 bridgehead atoms. The van der Waals surface area contributed by atoms with Gasteiger partial charge in [-0.1, -0.05) is 267 Å². The fraction of sp³-hybridized carbons (Fsp3) is 0. The summed E-state index contributed by atoms with van der Waals surface area (Å²) < 4.78 is 0. The van der Waals surface area contributed by atoms with Crippen molar-refractivity contribution in [3.8, 4) is 55.6 Å². The minimum Gasteiger partial charge on any atom is -0.0622 e. The van der Waals surface area contributed by atoms with Crippen LogP contribution in [0.3, 0.4) is 0 Å². The zero-order valence-electron chi connectivity index (χ0n) is 37.6. The molecular formula is C68H46. The van der Waals surface area contributed by atoms with Crippen molar-refractivity contribution in [1.29, 1.82) is 0 Å². The molecule has 318 valence electrons. The first-order valence-corrected chi connectivity index (χ1v) is 23.5. The van der Waals surface area contributed by atoms with Crippen molar-refractivity contribution in [3.05, 3.63) is 277 Å². The number of hydrogen-bond donors (Lipinski definition) is 0. The molecule has 12 aromatic rings. The van der Waals surface area contributed by atoms with Crippen LogP contribution in [-0.2, 0) is 0 Å².